The summed E-state index contributed by atoms with van der Waals surface area (Å²) in [7, 11) is 0. The Morgan fingerprint density at radius 2 is 2.43 bits per heavy atom. The molecule has 0 spiro atoms. The van der Waals surface area contributed by atoms with Crippen LogP contribution in [-0.4, -0.2) is 42.0 Å². The van der Waals surface area contributed by atoms with Gasteiger partial charge in [0.2, 0.25) is 0 Å². The quantitative estimate of drug-likeness (QED) is 0.714. The van der Waals surface area contributed by atoms with Crippen LogP contribution in [0, 0.1) is 0 Å². The molecule has 0 aromatic rings. The minimum Gasteiger partial charge on any atom is -0.368 e. The summed E-state index contributed by atoms with van der Waals surface area (Å²) < 4.78 is 24.4. The first kappa shape index (κ1) is 11.6. The Morgan fingerprint density at radius 3 is 2.93 bits per heavy atom. The highest BCUT2D eigenvalue weighted by molar-refractivity contribution is 9.10. The first-order valence-electron chi connectivity index (χ1n) is 4.51. The summed E-state index contributed by atoms with van der Waals surface area (Å²) in [4.78, 5) is 5.82. The number of nitrogens with zero attached hydrogens (tertiary/aromatic N) is 2. The first-order chi connectivity index (χ1) is 6.63. The lowest BCUT2D eigenvalue weighted by Gasteiger charge is -2.26. The van der Waals surface area contributed by atoms with Gasteiger partial charge in [-0.2, -0.15) is 0 Å². The predicted octanol–water partition coefficient (Wildman–Crippen LogP) is 2.31. The fourth-order valence-electron chi connectivity index (χ4n) is 1.35. The fraction of sp³-hybridized carbons (Fsp3) is 0.667. The van der Waals surface area contributed by atoms with Crippen LogP contribution in [0.3, 0.4) is 0 Å². The van der Waals surface area contributed by atoms with E-state index < -0.39 is 6.43 Å². The van der Waals surface area contributed by atoms with Crippen LogP contribution < -0.4 is 0 Å². The van der Waals surface area contributed by atoms with Crippen LogP contribution in [0.1, 0.15) is 6.92 Å². The second kappa shape index (κ2) is 5.44. The number of hydrogen-bond acceptors (Lipinski definition) is 2. The molecular weight excluding hydrogens is 254 g/mol. The monoisotopic (exact) mass is 266 g/mol. The third-order valence-corrected chi connectivity index (χ3v) is 2.50. The van der Waals surface area contributed by atoms with E-state index in [1.165, 1.54) is 0 Å². The molecule has 1 aliphatic heterocycles. The van der Waals surface area contributed by atoms with E-state index in [-0.39, 0.29) is 11.4 Å². The molecule has 0 amide bonds. The molecule has 1 unspecified atom stereocenters. The molecule has 1 heterocycles. The van der Waals surface area contributed by atoms with E-state index in [1.807, 2.05) is 13.0 Å². The highest BCUT2D eigenvalue weighted by Gasteiger charge is 2.15. The molecule has 1 aliphatic rings. The van der Waals surface area contributed by atoms with Gasteiger partial charge in [-0.05, 0) is 13.0 Å². The highest BCUT2D eigenvalue weighted by atomic mass is 79.9. The number of rotatable bonds is 4. The molecule has 0 radical (unpaired) electrons. The molecule has 5 heteroatoms. The fourth-order valence-corrected chi connectivity index (χ4v) is 1.82. The zero-order valence-corrected chi connectivity index (χ0v) is 9.55. The van der Waals surface area contributed by atoms with E-state index in [2.05, 4.69) is 20.9 Å². The Hall–Kier alpha value is -0.450. The van der Waals surface area contributed by atoms with Crippen LogP contribution in [0.5, 0.6) is 0 Å². The molecule has 1 rings (SSSR count). The third-order valence-electron chi connectivity index (χ3n) is 2.00. The van der Waals surface area contributed by atoms with Crippen LogP contribution in [0.2, 0.25) is 0 Å². The number of allylic oxidation sites excluding steroid dienone is 1. The minimum atomic E-state index is -2.30. The van der Waals surface area contributed by atoms with Crippen molar-refractivity contribution >= 4 is 22.1 Å². The van der Waals surface area contributed by atoms with Gasteiger partial charge >= 0.3 is 0 Å². The Kier molecular flexibility index (Phi) is 4.51. The number of hydrogen-bond donors (Lipinski definition) is 0. The first-order valence-corrected chi connectivity index (χ1v) is 5.43. The van der Waals surface area contributed by atoms with Gasteiger partial charge in [-0.3, -0.25) is 4.99 Å². The summed E-state index contributed by atoms with van der Waals surface area (Å²) in [6, 6.07) is 0. The summed E-state index contributed by atoms with van der Waals surface area (Å²) in [5.41, 5.74) is 0.872. The number of dihydropyridines is 1. The summed E-state index contributed by atoms with van der Waals surface area (Å²) in [5, 5.41) is 0. The molecule has 0 aliphatic carbocycles. The number of aliphatic imine (C=N–C) groups is 1. The zero-order valence-electron chi connectivity index (χ0n) is 7.96. The van der Waals surface area contributed by atoms with Crippen molar-refractivity contribution in [1.82, 2.24) is 4.90 Å². The lowest BCUT2D eigenvalue weighted by Crippen LogP contribution is -2.31. The average Bonchev–Trinajstić information content (AvgIpc) is 2.14. The number of likely N-dealkylation sites (N-methyl/N-ethyl adjacent to an activating group) is 1. The van der Waals surface area contributed by atoms with Crippen molar-refractivity contribution < 1.29 is 8.78 Å². The van der Waals surface area contributed by atoms with E-state index in [0.29, 0.717) is 13.1 Å². The van der Waals surface area contributed by atoms with Crippen molar-refractivity contribution in [2.75, 3.05) is 19.6 Å². The van der Waals surface area contributed by atoms with E-state index in [1.54, 1.807) is 11.1 Å². The molecule has 0 saturated heterocycles. The van der Waals surface area contributed by atoms with Gasteiger partial charge in [0.05, 0.1) is 17.9 Å². The summed E-state index contributed by atoms with van der Waals surface area (Å²) in [6.07, 6.45) is 1.38. The van der Waals surface area contributed by atoms with E-state index in [9.17, 15) is 8.78 Å². The van der Waals surface area contributed by atoms with Gasteiger partial charge in [0.25, 0.3) is 6.43 Å². The van der Waals surface area contributed by atoms with Gasteiger partial charge in [-0.15, -0.1) is 0 Å². The smallest absolute Gasteiger partial charge is 0.255 e. The van der Waals surface area contributed by atoms with Crippen molar-refractivity contribution in [2.45, 2.75) is 18.2 Å². The van der Waals surface area contributed by atoms with Crippen LogP contribution in [0.25, 0.3) is 0 Å². The second-order valence-electron chi connectivity index (χ2n) is 3.02. The Bertz CT molecular complexity index is 241. The second-order valence-corrected chi connectivity index (χ2v) is 4.08. The van der Waals surface area contributed by atoms with Crippen LogP contribution in [0.4, 0.5) is 8.78 Å². The van der Waals surface area contributed by atoms with E-state index >= 15 is 0 Å². The Labute approximate surface area is 90.8 Å². The lowest BCUT2D eigenvalue weighted by molar-refractivity contribution is 0.105. The van der Waals surface area contributed by atoms with Crippen molar-refractivity contribution in [1.29, 1.82) is 0 Å². The molecule has 2 nitrogen and oxygen atoms in total. The Morgan fingerprint density at radius 1 is 1.71 bits per heavy atom. The molecule has 14 heavy (non-hydrogen) atoms. The summed E-state index contributed by atoms with van der Waals surface area (Å²) in [5.74, 6) is 0. The molecular formula is C9H13BrF2N2. The van der Waals surface area contributed by atoms with E-state index in [4.69, 9.17) is 0 Å². The van der Waals surface area contributed by atoms with Crippen molar-refractivity contribution in [2.24, 2.45) is 4.99 Å². The average molecular weight is 267 g/mol. The number of halogens is 3. The molecule has 1 atom stereocenters. The summed E-state index contributed by atoms with van der Waals surface area (Å²) >= 11 is 3.35. The topological polar surface area (TPSA) is 15.6 Å². The highest BCUT2D eigenvalue weighted by Crippen LogP contribution is 2.14. The van der Waals surface area contributed by atoms with Gasteiger partial charge in [0.1, 0.15) is 0 Å². The van der Waals surface area contributed by atoms with Gasteiger partial charge in [0, 0.05) is 18.5 Å². The standard InChI is InChI=1S/C9H13BrF2N2/c1-2-14(6-9(11)12)8-3-7(10)4-13-5-8/h3-4,7,9H,2,5-6H2,1H3. The van der Waals surface area contributed by atoms with Gasteiger partial charge in [-0.25, -0.2) is 8.78 Å². The van der Waals surface area contributed by atoms with Gasteiger partial charge in [0.15, 0.2) is 0 Å². The normalized spacial score (nSPS) is 21.2. The number of alkyl halides is 3. The molecule has 0 saturated carbocycles. The van der Waals surface area contributed by atoms with Crippen molar-refractivity contribution in [3.63, 3.8) is 0 Å². The maximum atomic E-state index is 12.2. The maximum absolute atomic E-state index is 12.2. The molecule has 0 N–H and O–H groups in total. The third kappa shape index (κ3) is 3.36. The minimum absolute atomic E-state index is 0.0676. The van der Waals surface area contributed by atoms with Gasteiger partial charge < -0.3 is 4.90 Å². The van der Waals surface area contributed by atoms with Crippen molar-refractivity contribution in [3.05, 3.63) is 11.8 Å². The molecule has 80 valence electrons. The van der Waals surface area contributed by atoms with Crippen molar-refractivity contribution in [3.8, 4) is 0 Å². The van der Waals surface area contributed by atoms with Crippen LogP contribution >= 0.6 is 15.9 Å². The molecule has 0 bridgehead atoms. The lowest BCUT2D eigenvalue weighted by atomic mass is 10.2. The molecule has 0 aromatic carbocycles. The van der Waals surface area contributed by atoms with Crippen LogP contribution in [0.15, 0.2) is 16.8 Å². The molecule has 0 fully saturated rings. The van der Waals surface area contributed by atoms with E-state index in [0.717, 1.165) is 5.70 Å². The zero-order chi connectivity index (χ0) is 10.6. The Balaban J connectivity index is 2.60. The van der Waals surface area contributed by atoms with Gasteiger partial charge in [-0.1, -0.05) is 15.9 Å². The van der Waals surface area contributed by atoms with Crippen LogP contribution in [-0.2, 0) is 0 Å². The largest absolute Gasteiger partial charge is 0.368 e. The molecule has 0 aromatic heterocycles. The SMILES string of the molecule is CCN(CC(F)F)C1=CC(Br)C=NC1. The maximum Gasteiger partial charge on any atom is 0.255 e. The summed E-state index contributed by atoms with van der Waals surface area (Å²) in [6.45, 7) is 2.75. The predicted molar refractivity (Wildman–Crippen MR) is 57.4 cm³/mol.